The second-order valence-corrected chi connectivity index (χ2v) is 4.76. The van der Waals surface area contributed by atoms with Gasteiger partial charge in [-0.2, -0.15) is 0 Å². The highest BCUT2D eigenvalue weighted by Gasteiger charge is 2.10. The number of hydrogen-bond donors (Lipinski definition) is 1. The summed E-state index contributed by atoms with van der Waals surface area (Å²) in [6.45, 7) is 0.911. The van der Waals surface area contributed by atoms with Crippen LogP contribution in [0.5, 0.6) is 0 Å². The molecule has 3 nitrogen and oxygen atoms in total. The van der Waals surface area contributed by atoms with Gasteiger partial charge in [-0.3, -0.25) is 0 Å². The van der Waals surface area contributed by atoms with Gasteiger partial charge >= 0.3 is 0 Å². The maximum absolute atomic E-state index is 13.1. The van der Waals surface area contributed by atoms with Crippen LogP contribution in [0.4, 0.5) is 10.2 Å². The molecule has 0 saturated heterocycles. The molecule has 2 aromatic rings. The lowest BCUT2D eigenvalue weighted by molar-refractivity contribution is 0.617. The lowest BCUT2D eigenvalue weighted by Crippen LogP contribution is -2.20. The molecule has 0 bridgehead atoms. The van der Waals surface area contributed by atoms with Gasteiger partial charge in [0.2, 0.25) is 0 Å². The quantitative estimate of drug-likeness (QED) is 0.936. The van der Waals surface area contributed by atoms with Crippen LogP contribution in [0.3, 0.4) is 0 Å². The number of pyridine rings is 1. The molecule has 100 valence electrons. The van der Waals surface area contributed by atoms with E-state index in [0.29, 0.717) is 22.9 Å². The molecule has 5 heteroatoms. The summed E-state index contributed by atoms with van der Waals surface area (Å²) in [4.78, 5) is 6.04. The summed E-state index contributed by atoms with van der Waals surface area (Å²) in [6.07, 6.45) is 1.20. The topological polar surface area (TPSA) is 42.2 Å². The van der Waals surface area contributed by atoms with Crippen LogP contribution in [0, 0.1) is 5.82 Å². The molecule has 0 radical (unpaired) electrons. The number of halogens is 2. The fourth-order valence-corrected chi connectivity index (χ4v) is 2.03. The third-order valence-electron chi connectivity index (χ3n) is 2.82. The Bertz CT molecular complexity index is 557. The van der Waals surface area contributed by atoms with Crippen molar-refractivity contribution in [3.05, 3.63) is 58.5 Å². The maximum Gasteiger partial charge on any atom is 0.141 e. The van der Waals surface area contributed by atoms with Crippen molar-refractivity contribution in [2.45, 2.75) is 13.1 Å². The summed E-state index contributed by atoms with van der Waals surface area (Å²) in [5, 5.41) is 0.703. The third kappa shape index (κ3) is 3.43. The van der Waals surface area contributed by atoms with Gasteiger partial charge in [0.25, 0.3) is 0 Å². The molecule has 1 aromatic carbocycles. The molecule has 19 heavy (non-hydrogen) atoms. The highest BCUT2D eigenvalue weighted by molar-refractivity contribution is 6.30. The van der Waals surface area contributed by atoms with Crippen LogP contribution in [0.2, 0.25) is 5.02 Å². The number of nitrogens with zero attached hydrogens (tertiary/aromatic N) is 2. The van der Waals surface area contributed by atoms with Crippen molar-refractivity contribution < 1.29 is 4.39 Å². The van der Waals surface area contributed by atoms with Crippen LogP contribution in [0.25, 0.3) is 0 Å². The highest BCUT2D eigenvalue weighted by atomic mass is 35.5. The molecule has 1 heterocycles. The minimum Gasteiger partial charge on any atom is -0.355 e. The lowest BCUT2D eigenvalue weighted by atomic mass is 10.2. The first-order valence-electron chi connectivity index (χ1n) is 5.90. The Hall–Kier alpha value is -1.65. The molecular weight excluding hydrogens is 265 g/mol. The lowest BCUT2D eigenvalue weighted by Gasteiger charge is -2.21. The predicted molar refractivity (Wildman–Crippen MR) is 75.6 cm³/mol. The highest BCUT2D eigenvalue weighted by Crippen LogP contribution is 2.19. The van der Waals surface area contributed by atoms with E-state index in [1.807, 2.05) is 36.2 Å². The number of nitrogens with two attached hydrogens (primary N) is 1. The van der Waals surface area contributed by atoms with Gasteiger partial charge in [0.05, 0.1) is 6.20 Å². The van der Waals surface area contributed by atoms with Crippen molar-refractivity contribution in [3.63, 3.8) is 0 Å². The molecule has 0 aliphatic carbocycles. The van der Waals surface area contributed by atoms with Crippen LogP contribution in [-0.2, 0) is 13.1 Å². The Morgan fingerprint density at radius 1 is 1.32 bits per heavy atom. The van der Waals surface area contributed by atoms with Gasteiger partial charge in [0.15, 0.2) is 0 Å². The smallest absolute Gasteiger partial charge is 0.141 e. The number of hydrogen-bond acceptors (Lipinski definition) is 3. The summed E-state index contributed by atoms with van der Waals surface area (Å²) in [5.74, 6) is 0.322. The van der Waals surface area contributed by atoms with Gasteiger partial charge in [-0.25, -0.2) is 9.37 Å². The maximum atomic E-state index is 13.1. The molecule has 0 amide bonds. The minimum atomic E-state index is -0.371. The van der Waals surface area contributed by atoms with Gasteiger partial charge in [-0.05, 0) is 23.8 Å². The van der Waals surface area contributed by atoms with Gasteiger partial charge in [0, 0.05) is 30.7 Å². The molecule has 2 rings (SSSR count). The van der Waals surface area contributed by atoms with Crippen LogP contribution < -0.4 is 10.6 Å². The average Bonchev–Trinajstić information content (AvgIpc) is 2.41. The third-order valence-corrected chi connectivity index (χ3v) is 3.08. The first-order valence-corrected chi connectivity index (χ1v) is 6.28. The van der Waals surface area contributed by atoms with Crippen molar-refractivity contribution in [2.75, 3.05) is 11.9 Å². The zero-order valence-electron chi connectivity index (χ0n) is 10.6. The van der Waals surface area contributed by atoms with E-state index in [1.54, 1.807) is 0 Å². The Labute approximate surface area is 116 Å². The summed E-state index contributed by atoms with van der Waals surface area (Å²) < 4.78 is 13.1. The van der Waals surface area contributed by atoms with E-state index >= 15 is 0 Å². The van der Waals surface area contributed by atoms with Crippen molar-refractivity contribution in [1.29, 1.82) is 0 Å². The van der Waals surface area contributed by atoms with Crippen molar-refractivity contribution in [2.24, 2.45) is 5.73 Å². The molecular formula is C14H15ClFN3. The first kappa shape index (κ1) is 13.8. The van der Waals surface area contributed by atoms with E-state index in [-0.39, 0.29) is 12.4 Å². The second-order valence-electron chi connectivity index (χ2n) is 4.32. The van der Waals surface area contributed by atoms with Crippen LogP contribution in [0.15, 0.2) is 36.5 Å². The normalized spacial score (nSPS) is 10.5. The summed E-state index contributed by atoms with van der Waals surface area (Å²) in [5.41, 5.74) is 7.41. The zero-order valence-corrected chi connectivity index (χ0v) is 11.4. The van der Waals surface area contributed by atoms with Crippen molar-refractivity contribution >= 4 is 17.4 Å². The fraction of sp³-hybridized carbons (Fsp3) is 0.214. The standard InChI is InChI=1S/C14H15ClFN3/c1-19(9-10-2-4-12(15)5-3-10)14-11(7-17)6-13(16)8-18-14/h2-6,8H,7,9,17H2,1H3. The Morgan fingerprint density at radius 3 is 2.63 bits per heavy atom. The van der Waals surface area contributed by atoms with Gasteiger partial charge in [0.1, 0.15) is 11.6 Å². The largest absolute Gasteiger partial charge is 0.355 e. The summed E-state index contributed by atoms with van der Waals surface area (Å²) >= 11 is 5.85. The van der Waals surface area contributed by atoms with Crippen LogP contribution >= 0.6 is 11.6 Å². The molecule has 2 N–H and O–H groups in total. The minimum absolute atomic E-state index is 0.255. The van der Waals surface area contributed by atoms with E-state index in [9.17, 15) is 4.39 Å². The number of aromatic nitrogens is 1. The van der Waals surface area contributed by atoms with Gasteiger partial charge < -0.3 is 10.6 Å². The van der Waals surface area contributed by atoms with Gasteiger partial charge in [-0.15, -0.1) is 0 Å². The van der Waals surface area contributed by atoms with E-state index < -0.39 is 0 Å². The van der Waals surface area contributed by atoms with E-state index in [4.69, 9.17) is 17.3 Å². The fourth-order valence-electron chi connectivity index (χ4n) is 1.91. The number of benzene rings is 1. The number of rotatable bonds is 4. The molecule has 0 atom stereocenters. The second kappa shape index (κ2) is 5.99. The summed E-state index contributed by atoms with van der Waals surface area (Å²) in [7, 11) is 1.90. The number of anilines is 1. The van der Waals surface area contributed by atoms with Crippen molar-refractivity contribution in [3.8, 4) is 0 Å². The van der Waals surface area contributed by atoms with Crippen LogP contribution in [-0.4, -0.2) is 12.0 Å². The molecule has 0 aliphatic heterocycles. The molecule has 0 saturated carbocycles. The van der Waals surface area contributed by atoms with E-state index in [0.717, 1.165) is 5.56 Å². The zero-order chi connectivity index (χ0) is 13.8. The SMILES string of the molecule is CN(Cc1ccc(Cl)cc1)c1ncc(F)cc1CN. The predicted octanol–water partition coefficient (Wildman–Crippen LogP) is 2.97. The first-order chi connectivity index (χ1) is 9.10. The van der Waals surface area contributed by atoms with E-state index in [2.05, 4.69) is 4.98 Å². The van der Waals surface area contributed by atoms with Gasteiger partial charge in [-0.1, -0.05) is 23.7 Å². The summed E-state index contributed by atoms with van der Waals surface area (Å²) in [6, 6.07) is 9.00. The Morgan fingerprint density at radius 2 is 2.00 bits per heavy atom. The molecule has 0 aliphatic rings. The van der Waals surface area contributed by atoms with Crippen LogP contribution in [0.1, 0.15) is 11.1 Å². The molecule has 0 unspecified atom stereocenters. The van der Waals surface area contributed by atoms with Crippen molar-refractivity contribution in [1.82, 2.24) is 4.98 Å². The monoisotopic (exact) mass is 279 g/mol. The Balaban J connectivity index is 2.19. The molecule has 0 spiro atoms. The molecule has 0 fully saturated rings. The average molecular weight is 280 g/mol. The molecule has 1 aromatic heterocycles. The van der Waals surface area contributed by atoms with E-state index in [1.165, 1.54) is 12.3 Å². The Kier molecular flexibility index (Phi) is 4.35.